The highest BCUT2D eigenvalue weighted by atomic mass is 32.1. The molecule has 1 aromatic rings. The lowest BCUT2D eigenvalue weighted by Crippen LogP contribution is -2.30. The van der Waals surface area contributed by atoms with Crippen LogP contribution in [0.1, 0.15) is 35.0 Å². The number of carbonyl (C=O) groups excluding carboxylic acids is 2. The van der Waals surface area contributed by atoms with Crippen molar-refractivity contribution in [2.45, 2.75) is 19.8 Å². The summed E-state index contributed by atoms with van der Waals surface area (Å²) in [7, 11) is 0. The molecule has 20 heavy (non-hydrogen) atoms. The van der Waals surface area contributed by atoms with Gasteiger partial charge in [0.2, 0.25) is 5.91 Å². The molecule has 0 bridgehead atoms. The van der Waals surface area contributed by atoms with Crippen molar-refractivity contribution < 1.29 is 14.7 Å². The predicted octanol–water partition coefficient (Wildman–Crippen LogP) is 0.738. The van der Waals surface area contributed by atoms with Crippen LogP contribution >= 0.6 is 11.3 Å². The van der Waals surface area contributed by atoms with E-state index in [4.69, 9.17) is 5.11 Å². The van der Waals surface area contributed by atoms with Gasteiger partial charge in [0, 0.05) is 31.3 Å². The molecule has 0 spiro atoms. The third kappa shape index (κ3) is 5.87. The van der Waals surface area contributed by atoms with Gasteiger partial charge in [0.25, 0.3) is 5.91 Å². The first kappa shape index (κ1) is 16.2. The Hall–Kier alpha value is -1.84. The van der Waals surface area contributed by atoms with Crippen LogP contribution < -0.4 is 10.6 Å². The lowest BCUT2D eigenvalue weighted by atomic mass is 10.3. The van der Waals surface area contributed by atoms with Gasteiger partial charge in [0.1, 0.15) is 0 Å². The summed E-state index contributed by atoms with van der Waals surface area (Å²) in [5, 5.41) is 15.7. The number of thiophene rings is 1. The van der Waals surface area contributed by atoms with E-state index < -0.39 is 0 Å². The molecule has 0 aliphatic carbocycles. The van der Waals surface area contributed by atoms with E-state index in [2.05, 4.69) is 22.5 Å². The van der Waals surface area contributed by atoms with Crippen molar-refractivity contribution in [1.82, 2.24) is 10.6 Å². The van der Waals surface area contributed by atoms with Gasteiger partial charge in [-0.2, -0.15) is 0 Å². The molecule has 0 saturated heterocycles. The van der Waals surface area contributed by atoms with Crippen LogP contribution in [-0.4, -0.2) is 36.6 Å². The van der Waals surface area contributed by atoms with Crippen LogP contribution in [0.15, 0.2) is 11.4 Å². The maximum Gasteiger partial charge on any atom is 0.252 e. The zero-order valence-corrected chi connectivity index (χ0v) is 12.2. The van der Waals surface area contributed by atoms with Crippen molar-refractivity contribution in [3.8, 4) is 11.8 Å². The van der Waals surface area contributed by atoms with Gasteiger partial charge in [0.05, 0.1) is 17.0 Å². The van der Waals surface area contributed by atoms with Gasteiger partial charge in [-0.25, -0.2) is 0 Å². The van der Waals surface area contributed by atoms with Crippen molar-refractivity contribution >= 4 is 23.2 Å². The number of aliphatic hydroxyl groups is 1. The van der Waals surface area contributed by atoms with Crippen molar-refractivity contribution in [1.29, 1.82) is 0 Å². The van der Waals surface area contributed by atoms with E-state index in [0.29, 0.717) is 25.1 Å². The Morgan fingerprint density at radius 3 is 2.90 bits per heavy atom. The standard InChI is InChI=1S/C14H18N2O3S/c1-2-15-13(18)6-7-16-14(19)11-9-12(20-10-11)5-3-4-8-17/h9-10,17H,2,4,6-8H2,1H3,(H,15,18)(H,16,19). The van der Waals surface area contributed by atoms with E-state index in [-0.39, 0.29) is 24.8 Å². The fraction of sp³-hybridized carbons (Fsp3) is 0.429. The summed E-state index contributed by atoms with van der Waals surface area (Å²) in [6.45, 7) is 2.78. The molecule has 0 radical (unpaired) electrons. The fourth-order valence-electron chi connectivity index (χ4n) is 1.40. The summed E-state index contributed by atoms with van der Waals surface area (Å²) in [4.78, 5) is 23.8. The van der Waals surface area contributed by atoms with Crippen LogP contribution in [0.2, 0.25) is 0 Å². The van der Waals surface area contributed by atoms with Gasteiger partial charge in [-0.15, -0.1) is 11.3 Å². The normalized spacial score (nSPS) is 9.50. The predicted molar refractivity (Wildman–Crippen MR) is 78.5 cm³/mol. The first-order valence-corrected chi connectivity index (χ1v) is 7.28. The Kier molecular flexibility index (Phi) is 7.40. The van der Waals surface area contributed by atoms with Crippen LogP contribution in [0, 0.1) is 11.8 Å². The molecule has 5 nitrogen and oxygen atoms in total. The maximum absolute atomic E-state index is 11.8. The molecule has 0 aliphatic rings. The second-order valence-electron chi connectivity index (χ2n) is 3.93. The van der Waals surface area contributed by atoms with Crippen LogP contribution in [-0.2, 0) is 4.79 Å². The van der Waals surface area contributed by atoms with Crippen LogP contribution in [0.25, 0.3) is 0 Å². The molecule has 1 rings (SSSR count). The molecule has 6 heteroatoms. The average molecular weight is 294 g/mol. The Morgan fingerprint density at radius 2 is 2.20 bits per heavy atom. The monoisotopic (exact) mass is 294 g/mol. The zero-order chi connectivity index (χ0) is 14.8. The molecule has 0 saturated carbocycles. The van der Waals surface area contributed by atoms with Crippen molar-refractivity contribution in [2.24, 2.45) is 0 Å². The minimum atomic E-state index is -0.208. The average Bonchev–Trinajstić information content (AvgIpc) is 2.88. The Balaban J connectivity index is 2.41. The highest BCUT2D eigenvalue weighted by molar-refractivity contribution is 7.10. The summed E-state index contributed by atoms with van der Waals surface area (Å²) in [5.74, 6) is 5.39. The minimum Gasteiger partial charge on any atom is -0.395 e. The molecule has 0 aliphatic heterocycles. The number of rotatable bonds is 6. The van der Waals surface area contributed by atoms with E-state index in [1.165, 1.54) is 11.3 Å². The highest BCUT2D eigenvalue weighted by Crippen LogP contribution is 2.13. The van der Waals surface area contributed by atoms with Crippen molar-refractivity contribution in [3.05, 3.63) is 21.9 Å². The van der Waals surface area contributed by atoms with Gasteiger partial charge >= 0.3 is 0 Å². The Bertz CT molecular complexity index is 514. The van der Waals surface area contributed by atoms with Gasteiger partial charge in [-0.3, -0.25) is 9.59 Å². The Labute approximate surface area is 122 Å². The molecule has 0 atom stereocenters. The van der Waals surface area contributed by atoms with Gasteiger partial charge in [0.15, 0.2) is 0 Å². The van der Waals surface area contributed by atoms with E-state index in [0.717, 1.165) is 4.88 Å². The first-order valence-electron chi connectivity index (χ1n) is 6.40. The zero-order valence-electron chi connectivity index (χ0n) is 11.4. The fourth-order valence-corrected chi connectivity index (χ4v) is 2.16. The van der Waals surface area contributed by atoms with E-state index in [1.807, 2.05) is 6.92 Å². The number of hydrogen-bond donors (Lipinski definition) is 3. The lowest BCUT2D eigenvalue weighted by molar-refractivity contribution is -0.120. The molecule has 0 fully saturated rings. The lowest BCUT2D eigenvalue weighted by Gasteiger charge is -2.03. The number of hydrogen-bond acceptors (Lipinski definition) is 4. The molecule has 1 aromatic heterocycles. The van der Waals surface area contributed by atoms with E-state index in [9.17, 15) is 9.59 Å². The molecular formula is C14H18N2O3S. The number of aliphatic hydroxyl groups excluding tert-OH is 1. The number of nitrogens with one attached hydrogen (secondary N) is 2. The summed E-state index contributed by atoms with van der Waals surface area (Å²) in [5.41, 5.74) is 0.541. The molecular weight excluding hydrogens is 276 g/mol. The molecule has 0 aromatic carbocycles. The topological polar surface area (TPSA) is 78.4 Å². The Morgan fingerprint density at radius 1 is 1.40 bits per heavy atom. The molecule has 0 unspecified atom stereocenters. The second-order valence-corrected chi connectivity index (χ2v) is 4.85. The summed E-state index contributed by atoms with van der Waals surface area (Å²) in [6, 6.07) is 1.70. The SMILES string of the molecule is CCNC(=O)CCNC(=O)c1csc(C#CCCO)c1. The van der Waals surface area contributed by atoms with Crippen molar-refractivity contribution in [2.75, 3.05) is 19.7 Å². The summed E-state index contributed by atoms with van der Waals surface area (Å²) < 4.78 is 0. The highest BCUT2D eigenvalue weighted by Gasteiger charge is 2.08. The molecule has 108 valence electrons. The summed E-state index contributed by atoms with van der Waals surface area (Å²) in [6.07, 6.45) is 0.693. The van der Waals surface area contributed by atoms with Crippen LogP contribution in [0.3, 0.4) is 0 Å². The summed E-state index contributed by atoms with van der Waals surface area (Å²) >= 11 is 1.38. The first-order chi connectivity index (χ1) is 9.67. The van der Waals surface area contributed by atoms with Crippen LogP contribution in [0.5, 0.6) is 0 Å². The molecule has 2 amide bonds. The second kappa shape index (κ2) is 9.13. The van der Waals surface area contributed by atoms with E-state index in [1.54, 1.807) is 11.4 Å². The van der Waals surface area contributed by atoms with Gasteiger partial charge in [-0.05, 0) is 13.0 Å². The quantitative estimate of drug-likeness (QED) is 0.677. The smallest absolute Gasteiger partial charge is 0.252 e. The van der Waals surface area contributed by atoms with E-state index >= 15 is 0 Å². The van der Waals surface area contributed by atoms with Crippen molar-refractivity contribution in [3.63, 3.8) is 0 Å². The molecule has 1 heterocycles. The third-order valence-corrected chi connectivity index (χ3v) is 3.17. The third-order valence-electron chi connectivity index (χ3n) is 2.32. The minimum absolute atomic E-state index is 0.0333. The maximum atomic E-state index is 11.8. The molecule has 3 N–H and O–H groups in total. The largest absolute Gasteiger partial charge is 0.395 e. The number of carbonyl (C=O) groups is 2. The van der Waals surface area contributed by atoms with Gasteiger partial charge < -0.3 is 15.7 Å². The van der Waals surface area contributed by atoms with Crippen LogP contribution in [0.4, 0.5) is 0 Å². The van der Waals surface area contributed by atoms with Gasteiger partial charge in [-0.1, -0.05) is 11.8 Å². The number of amides is 2.